The quantitative estimate of drug-likeness (QED) is 0.536. The summed E-state index contributed by atoms with van der Waals surface area (Å²) in [4.78, 5) is 0. The van der Waals surface area contributed by atoms with Crippen molar-refractivity contribution < 1.29 is 28.8 Å². The average molecular weight is 342 g/mol. The molecule has 0 saturated carbocycles. The van der Waals surface area contributed by atoms with E-state index in [1.165, 1.54) is 0 Å². The van der Waals surface area contributed by atoms with Gasteiger partial charge in [0.25, 0.3) is 0 Å². The van der Waals surface area contributed by atoms with Crippen molar-refractivity contribution in [1.29, 1.82) is 0 Å². The molecule has 2 aliphatic rings. The van der Waals surface area contributed by atoms with Crippen LogP contribution in [0.3, 0.4) is 0 Å². The zero-order chi connectivity index (χ0) is 17.6. The lowest BCUT2D eigenvalue weighted by Crippen LogP contribution is -2.65. The van der Waals surface area contributed by atoms with Gasteiger partial charge in [-0.2, -0.15) is 0 Å². The van der Waals surface area contributed by atoms with Gasteiger partial charge in [0.2, 0.25) is 0 Å². The number of fused-ring (bicyclic) bond motifs is 1. The third-order valence-electron chi connectivity index (χ3n) is 4.19. The summed E-state index contributed by atoms with van der Waals surface area (Å²) >= 11 is 0. The molecule has 1 N–H and O–H groups in total. The van der Waals surface area contributed by atoms with Crippen LogP contribution in [0.5, 0.6) is 0 Å². The summed E-state index contributed by atoms with van der Waals surface area (Å²) in [7, 11) is 0. The number of aliphatic hydroxyl groups is 1. The van der Waals surface area contributed by atoms with E-state index >= 15 is 0 Å². The van der Waals surface area contributed by atoms with E-state index in [4.69, 9.17) is 30.1 Å². The largest absolute Gasteiger partial charge is 0.385 e. The Kier molecular flexibility index (Phi) is 7.48. The molecule has 0 aromatic heterocycles. The molecular formula is C18H30O6. The van der Waals surface area contributed by atoms with Crippen molar-refractivity contribution in [3.63, 3.8) is 0 Å². The van der Waals surface area contributed by atoms with E-state index in [1.54, 1.807) is 0 Å². The highest BCUT2D eigenvalue weighted by Crippen LogP contribution is 2.34. The number of hydrogen-bond acceptors (Lipinski definition) is 6. The molecule has 24 heavy (non-hydrogen) atoms. The Morgan fingerprint density at radius 3 is 2.71 bits per heavy atom. The van der Waals surface area contributed by atoms with Crippen molar-refractivity contribution in [3.8, 4) is 12.3 Å². The minimum atomic E-state index is -0.914. The first-order valence-electron chi connectivity index (χ1n) is 8.80. The molecule has 6 heteroatoms. The normalized spacial score (nSPS) is 35.2. The molecule has 0 aromatic carbocycles. The summed E-state index contributed by atoms with van der Waals surface area (Å²) in [5.74, 6) is 1.84. The van der Waals surface area contributed by atoms with Gasteiger partial charge in [0.05, 0.1) is 13.2 Å². The Morgan fingerprint density at radius 1 is 1.25 bits per heavy atom. The smallest absolute Gasteiger partial charge is 0.186 e. The lowest BCUT2D eigenvalue weighted by atomic mass is 9.97. The predicted octanol–water partition coefficient (Wildman–Crippen LogP) is 1.84. The highest BCUT2D eigenvalue weighted by Gasteiger charge is 2.51. The summed E-state index contributed by atoms with van der Waals surface area (Å²) in [6, 6.07) is 0. The van der Waals surface area contributed by atoms with Gasteiger partial charge in [-0.3, -0.25) is 0 Å². The van der Waals surface area contributed by atoms with Gasteiger partial charge in [-0.05, 0) is 26.7 Å². The van der Waals surface area contributed by atoms with Crippen LogP contribution in [-0.2, 0) is 23.7 Å². The first-order valence-corrected chi connectivity index (χ1v) is 8.80. The Labute approximate surface area is 144 Å². The maximum absolute atomic E-state index is 10.7. The van der Waals surface area contributed by atoms with Gasteiger partial charge in [-0.1, -0.05) is 13.3 Å². The lowest BCUT2D eigenvalue weighted by Gasteiger charge is -2.49. The van der Waals surface area contributed by atoms with Crippen molar-refractivity contribution in [2.75, 3.05) is 19.8 Å². The Morgan fingerprint density at radius 2 is 2.00 bits per heavy atom. The molecule has 0 aliphatic carbocycles. The van der Waals surface area contributed by atoms with E-state index in [1.807, 2.05) is 13.8 Å². The number of rotatable bonds is 8. The Balaban J connectivity index is 2.01. The van der Waals surface area contributed by atoms with Crippen molar-refractivity contribution in [2.45, 2.75) is 82.9 Å². The maximum atomic E-state index is 10.7. The molecule has 0 aromatic rings. The van der Waals surface area contributed by atoms with E-state index in [2.05, 4.69) is 12.8 Å². The van der Waals surface area contributed by atoms with Gasteiger partial charge in [0.1, 0.15) is 24.4 Å². The lowest BCUT2D eigenvalue weighted by molar-refractivity contribution is -0.386. The molecule has 5 atom stereocenters. The fourth-order valence-electron chi connectivity index (χ4n) is 2.88. The minimum absolute atomic E-state index is 0.328. The van der Waals surface area contributed by atoms with Crippen LogP contribution in [0.4, 0.5) is 0 Å². The molecule has 2 aliphatic heterocycles. The SMILES string of the molecule is C#CCCCO[C@@H]1OC2COC(C)(C)O[C@H]2C(OCCCC)C1O. The van der Waals surface area contributed by atoms with Gasteiger partial charge in [-0.25, -0.2) is 0 Å². The molecule has 2 heterocycles. The standard InChI is InChI=1S/C18H30O6/c1-5-7-9-11-21-17-14(19)16(20-10-8-6-2)15-13(23-17)12-22-18(3,4)24-15/h1,13-17,19H,6-12H2,2-4H3/t13?,14?,15-,16?,17-/m1/s1. The second-order valence-corrected chi connectivity index (χ2v) is 6.69. The van der Waals surface area contributed by atoms with E-state index < -0.39 is 24.3 Å². The van der Waals surface area contributed by atoms with Crippen LogP contribution in [0.1, 0.15) is 46.5 Å². The Bertz CT molecular complexity index is 418. The summed E-state index contributed by atoms with van der Waals surface area (Å²) in [6.07, 6.45) is 5.65. The topological polar surface area (TPSA) is 66.4 Å². The molecule has 2 fully saturated rings. The molecule has 3 unspecified atom stereocenters. The van der Waals surface area contributed by atoms with Crippen molar-refractivity contribution in [2.24, 2.45) is 0 Å². The average Bonchev–Trinajstić information content (AvgIpc) is 2.54. The van der Waals surface area contributed by atoms with Gasteiger partial charge >= 0.3 is 0 Å². The molecule has 0 radical (unpaired) electrons. The highest BCUT2D eigenvalue weighted by atomic mass is 16.8. The highest BCUT2D eigenvalue weighted by molar-refractivity contribution is 4.94. The summed E-state index contributed by atoms with van der Waals surface area (Å²) in [5, 5.41) is 10.7. The number of aliphatic hydroxyl groups excluding tert-OH is 1. The van der Waals surface area contributed by atoms with Crippen molar-refractivity contribution in [1.82, 2.24) is 0 Å². The van der Waals surface area contributed by atoms with E-state index in [-0.39, 0.29) is 12.2 Å². The van der Waals surface area contributed by atoms with Gasteiger partial charge in [0.15, 0.2) is 12.1 Å². The van der Waals surface area contributed by atoms with Crippen molar-refractivity contribution in [3.05, 3.63) is 0 Å². The monoisotopic (exact) mass is 342 g/mol. The van der Waals surface area contributed by atoms with Crippen LogP contribution in [0.2, 0.25) is 0 Å². The van der Waals surface area contributed by atoms with Crippen LogP contribution in [0, 0.1) is 12.3 Å². The van der Waals surface area contributed by atoms with Crippen LogP contribution in [0.15, 0.2) is 0 Å². The van der Waals surface area contributed by atoms with E-state index in [9.17, 15) is 5.11 Å². The summed E-state index contributed by atoms with van der Waals surface area (Å²) in [6.45, 7) is 7.16. The zero-order valence-electron chi connectivity index (χ0n) is 14.9. The fourth-order valence-corrected chi connectivity index (χ4v) is 2.88. The van der Waals surface area contributed by atoms with Crippen LogP contribution >= 0.6 is 0 Å². The van der Waals surface area contributed by atoms with Crippen molar-refractivity contribution >= 4 is 0 Å². The zero-order valence-corrected chi connectivity index (χ0v) is 14.9. The Hall–Kier alpha value is -0.680. The molecule has 0 bridgehead atoms. The molecular weight excluding hydrogens is 312 g/mol. The second kappa shape index (κ2) is 9.14. The molecule has 2 saturated heterocycles. The second-order valence-electron chi connectivity index (χ2n) is 6.69. The fraction of sp³-hybridized carbons (Fsp3) is 0.889. The molecule has 138 valence electrons. The first-order chi connectivity index (χ1) is 11.5. The first kappa shape index (κ1) is 19.6. The third-order valence-corrected chi connectivity index (χ3v) is 4.19. The number of unbranched alkanes of at least 4 members (excludes halogenated alkanes) is 2. The molecule has 0 spiro atoms. The van der Waals surface area contributed by atoms with Gasteiger partial charge < -0.3 is 28.8 Å². The molecule has 0 amide bonds. The van der Waals surface area contributed by atoms with Gasteiger partial charge in [0, 0.05) is 13.0 Å². The van der Waals surface area contributed by atoms with Crippen LogP contribution < -0.4 is 0 Å². The molecule has 2 rings (SSSR count). The maximum Gasteiger partial charge on any atom is 0.186 e. The summed E-state index contributed by atoms with van der Waals surface area (Å²) in [5.41, 5.74) is 0. The number of hydrogen-bond donors (Lipinski definition) is 1. The van der Waals surface area contributed by atoms with Gasteiger partial charge in [-0.15, -0.1) is 12.3 Å². The number of terminal acetylenes is 1. The summed E-state index contributed by atoms with van der Waals surface area (Å²) < 4.78 is 29.1. The number of ether oxygens (including phenoxy) is 5. The van der Waals surface area contributed by atoms with E-state index in [0.29, 0.717) is 26.2 Å². The molecule has 6 nitrogen and oxygen atoms in total. The van der Waals surface area contributed by atoms with Crippen LogP contribution in [-0.4, -0.2) is 61.4 Å². The minimum Gasteiger partial charge on any atom is -0.385 e. The van der Waals surface area contributed by atoms with E-state index in [0.717, 1.165) is 19.3 Å². The van der Waals surface area contributed by atoms with Crippen LogP contribution in [0.25, 0.3) is 0 Å². The third kappa shape index (κ3) is 5.16. The predicted molar refractivity (Wildman–Crippen MR) is 88.2 cm³/mol.